The molecule has 16 rings (SSSR count). The van der Waals surface area contributed by atoms with Crippen LogP contribution in [0.2, 0.25) is 0 Å². The number of amides is 14. The van der Waals surface area contributed by atoms with Crippen LogP contribution in [-0.4, -0.2) is 244 Å². The Morgan fingerprint density at radius 3 is 1.36 bits per heavy atom. The first-order chi connectivity index (χ1) is 66.8. The topological polar surface area (TPSA) is 490 Å². The molecule has 142 heavy (non-hydrogen) atoms. The Labute approximate surface area is 842 Å². The molecule has 16 atom stereocenters. The zero-order valence-electron chi connectivity index (χ0n) is 87.2. The van der Waals surface area contributed by atoms with E-state index < -0.39 is 183 Å². The number of fused-ring (bicyclic) bond motifs is 3. The number of unbranched alkanes of at least 4 members (excludes halogenated alkanes) is 1. The van der Waals surface area contributed by atoms with Crippen molar-refractivity contribution in [3.8, 4) is 0 Å². The molecule has 0 aromatic carbocycles. The van der Waals surface area contributed by atoms with Crippen molar-refractivity contribution in [3.63, 3.8) is 0 Å². The van der Waals surface area contributed by atoms with Crippen molar-refractivity contribution >= 4 is 108 Å². The van der Waals surface area contributed by atoms with Crippen molar-refractivity contribution in [3.05, 3.63) is 0 Å². The second-order valence-corrected chi connectivity index (χ2v) is 55.0. The van der Waals surface area contributed by atoms with Crippen LogP contribution in [0.25, 0.3) is 0 Å². The van der Waals surface area contributed by atoms with Crippen LogP contribution < -0.4 is 58.9 Å². The lowest BCUT2D eigenvalue weighted by Gasteiger charge is -2.45. The number of carbonyl (C=O) groups is 15. The van der Waals surface area contributed by atoms with Crippen molar-refractivity contribution in [1.29, 1.82) is 0 Å². The summed E-state index contributed by atoms with van der Waals surface area (Å²) in [5, 5.41) is 28.8. The Bertz CT molecular complexity index is 4900. The van der Waals surface area contributed by atoms with E-state index in [1.54, 1.807) is 56.2 Å². The van der Waals surface area contributed by atoms with Crippen molar-refractivity contribution in [2.24, 2.45) is 80.7 Å². The summed E-state index contributed by atoms with van der Waals surface area (Å²) in [5.74, 6) is -5.81. The van der Waals surface area contributed by atoms with Gasteiger partial charge >= 0.3 is 18.2 Å². The molecule has 4 aliphatic heterocycles. The number of Topliss-reactive ketones (excluding diaryl/α,β-unsaturated/α-hetero) is 3. The smallest absolute Gasteiger partial charge is 0.408 e. The molecular weight excluding hydrogens is 1850 g/mol. The van der Waals surface area contributed by atoms with Crippen molar-refractivity contribution in [2.75, 3.05) is 31.1 Å². The van der Waals surface area contributed by atoms with Gasteiger partial charge in [0.05, 0.1) is 50.7 Å². The van der Waals surface area contributed by atoms with E-state index in [9.17, 15) is 88.8 Å². The summed E-state index contributed by atoms with van der Waals surface area (Å²) >= 11 is 0. The largest absolute Gasteiger partial charge is 0.444 e. The zero-order chi connectivity index (χ0) is 103. The summed E-state index contributed by atoms with van der Waals surface area (Å²) in [6.07, 6.45) is 34.8. The molecule has 0 aromatic heterocycles. The fraction of sp³-hybridized carbons (Fsp3) is 0.858. The summed E-state index contributed by atoms with van der Waals surface area (Å²) in [5.41, 5.74) is 1.27. The minimum absolute atomic E-state index is 0.0123. The summed E-state index contributed by atoms with van der Waals surface area (Å²) in [7, 11) is -6.91. The minimum atomic E-state index is -3.56. The van der Waals surface area contributed by atoms with Crippen LogP contribution >= 0.6 is 0 Å². The lowest BCUT2D eigenvalue weighted by Crippen LogP contribution is -2.66. The number of piperidine rings is 2. The van der Waals surface area contributed by atoms with Gasteiger partial charge in [-0.3, -0.25) is 57.5 Å². The van der Waals surface area contributed by atoms with Gasteiger partial charge in [0.15, 0.2) is 19.7 Å². The molecule has 0 aromatic rings. The van der Waals surface area contributed by atoms with Crippen LogP contribution in [0.5, 0.6) is 0 Å². The zero-order valence-corrected chi connectivity index (χ0v) is 88.8. The van der Waals surface area contributed by atoms with E-state index in [0.29, 0.717) is 89.8 Å². The second kappa shape index (κ2) is 44.2. The molecule has 12 aliphatic carbocycles. The predicted octanol–water partition coefficient (Wildman–Crippen LogP) is 10.9. The van der Waals surface area contributed by atoms with E-state index in [0.717, 1.165) is 218 Å². The molecule has 0 bridgehead atoms. The van der Waals surface area contributed by atoms with Crippen LogP contribution in [0.4, 0.5) is 14.4 Å². The molecule has 12 N–H and O–H groups in total. The highest BCUT2D eigenvalue weighted by Gasteiger charge is 2.72. The molecule has 1 unspecified atom stereocenters. The normalized spacial score (nSPS) is 29.1. The monoisotopic (exact) mass is 2020 g/mol. The van der Waals surface area contributed by atoms with E-state index >= 15 is 0 Å². The number of urea groups is 2. The molecule has 0 radical (unpaired) electrons. The highest BCUT2D eigenvalue weighted by Crippen LogP contribution is 2.67. The lowest BCUT2D eigenvalue weighted by molar-refractivity contribution is -0.146. The number of alkyl carbamates (subject to hydrolysis) is 1. The summed E-state index contributed by atoms with van der Waals surface area (Å²) in [6, 6.07) is -9.04. The number of likely N-dealkylation sites (tertiary alicyclic amines) is 3. The van der Waals surface area contributed by atoms with Gasteiger partial charge in [-0.1, -0.05) is 190 Å². The molecule has 14 amide bonds. The third-order valence-electron chi connectivity index (χ3n) is 36.2. The van der Waals surface area contributed by atoms with E-state index in [4.69, 9.17) is 10.5 Å². The first kappa shape index (κ1) is 110. The highest BCUT2D eigenvalue weighted by atomic mass is 32.2. The number of ether oxygens (including phenoxy) is 1. The third kappa shape index (κ3) is 25.8. The van der Waals surface area contributed by atoms with Gasteiger partial charge in [0.1, 0.15) is 41.9 Å². The molecule has 4 heterocycles. The van der Waals surface area contributed by atoms with Gasteiger partial charge in [-0.2, -0.15) is 0 Å². The van der Waals surface area contributed by atoms with Crippen LogP contribution in [0.1, 0.15) is 373 Å². The van der Waals surface area contributed by atoms with Gasteiger partial charge in [0.25, 0.3) is 17.7 Å². The Hall–Kier alpha value is -8.05. The maximum Gasteiger partial charge on any atom is 0.408 e. The third-order valence-corrected chi connectivity index (χ3v) is 41.4. The van der Waals surface area contributed by atoms with E-state index in [1.165, 1.54) is 0 Å². The number of sulfone groups is 2. The first-order valence-electron chi connectivity index (χ1n) is 54.8. The fourth-order valence-electron chi connectivity index (χ4n) is 26.6. The highest BCUT2D eigenvalue weighted by molar-refractivity contribution is 7.92. The number of nitrogens with zero attached hydrogens (tertiary/aromatic N) is 3. The molecule has 16 fully saturated rings. The Kier molecular flexibility index (Phi) is 34.1. The molecule has 12 saturated carbocycles. The van der Waals surface area contributed by atoms with Crippen LogP contribution in [0, 0.1) is 74.9 Å². The van der Waals surface area contributed by atoms with E-state index in [1.807, 2.05) is 20.8 Å². The molecular formula is C106H170N14O20S2. The fourth-order valence-corrected chi connectivity index (χ4v) is 30.5. The molecule has 16 aliphatic rings. The Balaban J connectivity index is 0.000000172. The molecule has 0 spiro atoms. The number of nitrogens with one attached hydrogen (secondary N) is 10. The lowest BCUT2D eigenvalue weighted by atomic mass is 9.70. The number of hydrogen-bond donors (Lipinski definition) is 11. The number of hydrogen-bond acceptors (Lipinski definition) is 20. The number of primary amides is 1. The molecule has 796 valence electrons. The van der Waals surface area contributed by atoms with Crippen molar-refractivity contribution in [2.45, 2.75) is 466 Å². The SMILES string of the molecule is CC(C)(C)OC(=O)N[C@H](C(=O)N1C[C@@H]2CCC[C@@H]2[C@H]1C(=O)NC(CC1CC1)C(=O)C(N)=O)C1CCCCC1.CC1([C@H](NC(=O)NC2(CS(=O)(=O)C(C)(C)C)CCCCC2)C(=O)N2C[C@H]3[C@@H]([C@H]2C(=O)N[C@@H](CCC2CC2)C(=O)C(=O)NC2CC2)C3(C)C)CCCCC1.CCCC[C@H](NC(=O)[C@@H]1[C@@H]2[C@H](CN1C(=O)[C@@H](NC(=O)NC1([C@H]3CCCS3(=O)=O)CCCCC1)C1(C)CCCCC1)C2(C)C)C(=O)C(=O)NC1CC1. The summed E-state index contributed by atoms with van der Waals surface area (Å²) in [4.78, 5) is 209. The quantitative estimate of drug-likeness (QED) is 0.0260. The number of carbonyl (C=O) groups excluding carboxylic acids is 15. The van der Waals surface area contributed by atoms with Gasteiger partial charge in [-0.15, -0.1) is 0 Å². The van der Waals surface area contributed by atoms with Gasteiger partial charge in [-0.05, 0) is 258 Å². The molecule has 34 nitrogen and oxygen atoms in total. The molecule has 4 saturated heterocycles. The number of nitrogens with two attached hydrogens (primary N) is 1. The Morgan fingerprint density at radius 2 is 0.908 bits per heavy atom. The van der Waals surface area contributed by atoms with Gasteiger partial charge in [-0.25, -0.2) is 31.2 Å². The van der Waals surface area contributed by atoms with E-state index in [-0.39, 0.29) is 99.5 Å². The molecule has 36 heteroatoms. The predicted molar refractivity (Wildman–Crippen MR) is 535 cm³/mol. The summed E-state index contributed by atoms with van der Waals surface area (Å²) in [6.45, 7) is 26.0. The van der Waals surface area contributed by atoms with Crippen molar-refractivity contribution < 1.29 is 93.5 Å². The maximum absolute atomic E-state index is 15.0. The minimum Gasteiger partial charge on any atom is -0.444 e. The van der Waals surface area contributed by atoms with Crippen molar-refractivity contribution in [1.82, 2.24) is 67.9 Å². The number of rotatable bonds is 36. The average molecular weight is 2020 g/mol. The number of ketones is 3. The Morgan fingerprint density at radius 1 is 0.458 bits per heavy atom. The van der Waals surface area contributed by atoms with E-state index in [2.05, 4.69) is 80.9 Å². The van der Waals surface area contributed by atoms with Gasteiger partial charge in [0.2, 0.25) is 52.8 Å². The van der Waals surface area contributed by atoms with Crippen LogP contribution in [0.15, 0.2) is 0 Å². The maximum atomic E-state index is 15.0. The second-order valence-electron chi connectivity index (χ2n) is 50.0. The van der Waals surface area contributed by atoms with Crippen LogP contribution in [-0.2, 0) is 81.9 Å². The summed E-state index contributed by atoms with van der Waals surface area (Å²) < 4.78 is 57.8. The van der Waals surface area contributed by atoms with Crippen LogP contribution in [0.3, 0.4) is 0 Å². The van der Waals surface area contributed by atoms with Gasteiger partial charge in [0, 0.05) is 31.7 Å². The average Bonchev–Trinajstić information content (AvgIpc) is 1.52. The standard InChI is InChI=1S/C40H65N5O7S.C38H61N5O7S.C28H44N4O6/c1-37(2,3)53(51,52)24-40(21-11-8-12-22-40)44-36(50)43-32(39(6)19-9-7-10-20-39)35(49)45-23-27-29(38(27,4)5)30(45)33(47)42-28(18-15-25-13-14-25)31(46)34(48)41-26-16-17-26;1-5-6-14-26(30(44)33(46)39-24-16-17-24)40-32(45)29-28-25(36(28,2)3)23-43(29)34(47)31(37(4)18-9-7-10-19-37)41-35(48)42-38(20-11-8-12-21-38)27-15-13-22-51(27,49)50;1-28(2,3)38-27(37)31-21(17-8-5-4-6-9-17)26(36)32-15-18-10-7-11-19(18)22(32)25(35)30-20(14-16-12-13-16)23(33)24(29)34/h25-30,32H,7-24H2,1-6H3,(H,41,48)(H,42,47)(H2,43,44,50);24-29,31H,5-23H2,1-4H3,(H,39,46)(H,40,45)(H2,41,42,48);16-22H,4-15H2,1-3H3,(H2,29,34)(H,30,35)(H,31,37)/t27-,28-,29-,30-,32+;25-,26-,27+,28-,29-,31+;18-,19-,20?,21-,22-/m000/s1. The van der Waals surface area contributed by atoms with Gasteiger partial charge < -0.3 is 78.3 Å². The first-order valence-corrected chi connectivity index (χ1v) is 58.2.